The molecule has 3 aromatic rings. The Morgan fingerprint density at radius 1 is 1.15 bits per heavy atom. The van der Waals surface area contributed by atoms with Crippen molar-refractivity contribution >= 4 is 5.91 Å². The normalized spacial score (nSPS) is 11.0. The van der Waals surface area contributed by atoms with Crippen molar-refractivity contribution in [2.24, 2.45) is 7.05 Å². The third-order valence-electron chi connectivity index (χ3n) is 4.30. The SMILES string of the molecule is CN(CCCNC(=O)c1cnn(C)c1-n1cccc1)Cc1ccccc1. The first-order valence-corrected chi connectivity index (χ1v) is 8.81. The summed E-state index contributed by atoms with van der Waals surface area (Å²) < 4.78 is 3.61. The average Bonchev–Trinajstić information content (AvgIpc) is 3.28. The molecule has 6 nitrogen and oxygen atoms in total. The van der Waals surface area contributed by atoms with Crippen LogP contribution in [0.3, 0.4) is 0 Å². The van der Waals surface area contributed by atoms with Crippen molar-refractivity contribution in [3.8, 4) is 5.82 Å². The van der Waals surface area contributed by atoms with Gasteiger partial charge in [0.15, 0.2) is 0 Å². The Balaban J connectivity index is 1.48. The Morgan fingerprint density at radius 3 is 2.62 bits per heavy atom. The molecule has 0 spiro atoms. The van der Waals surface area contributed by atoms with E-state index in [1.54, 1.807) is 10.9 Å². The van der Waals surface area contributed by atoms with Crippen LogP contribution < -0.4 is 5.32 Å². The quantitative estimate of drug-likeness (QED) is 0.634. The van der Waals surface area contributed by atoms with Gasteiger partial charge in [0.2, 0.25) is 0 Å². The number of benzene rings is 1. The maximum Gasteiger partial charge on any atom is 0.256 e. The highest BCUT2D eigenvalue weighted by atomic mass is 16.1. The summed E-state index contributed by atoms with van der Waals surface area (Å²) in [5.41, 5.74) is 1.88. The second kappa shape index (κ2) is 8.49. The van der Waals surface area contributed by atoms with Crippen LogP contribution in [0.4, 0.5) is 0 Å². The van der Waals surface area contributed by atoms with Gasteiger partial charge in [0.25, 0.3) is 5.91 Å². The molecule has 1 amide bonds. The Bertz CT molecular complexity index is 823. The summed E-state index contributed by atoms with van der Waals surface area (Å²) in [6.45, 7) is 2.47. The minimum atomic E-state index is -0.0903. The summed E-state index contributed by atoms with van der Waals surface area (Å²) in [7, 11) is 3.94. The minimum absolute atomic E-state index is 0.0903. The number of nitrogens with zero attached hydrogens (tertiary/aromatic N) is 4. The van der Waals surface area contributed by atoms with E-state index < -0.39 is 0 Å². The van der Waals surface area contributed by atoms with Crippen LogP contribution in [-0.4, -0.2) is 45.3 Å². The van der Waals surface area contributed by atoms with Crippen LogP contribution in [0.1, 0.15) is 22.3 Å². The van der Waals surface area contributed by atoms with Crippen LogP contribution in [0.25, 0.3) is 5.82 Å². The third kappa shape index (κ3) is 4.40. The zero-order valence-corrected chi connectivity index (χ0v) is 15.3. The Morgan fingerprint density at radius 2 is 1.88 bits per heavy atom. The zero-order valence-electron chi connectivity index (χ0n) is 15.3. The van der Waals surface area contributed by atoms with Crippen molar-refractivity contribution in [1.29, 1.82) is 0 Å². The summed E-state index contributed by atoms with van der Waals surface area (Å²) in [4.78, 5) is 14.8. The number of hydrogen-bond acceptors (Lipinski definition) is 3. The van der Waals surface area contributed by atoms with E-state index >= 15 is 0 Å². The Kier molecular flexibility index (Phi) is 5.86. The molecule has 136 valence electrons. The van der Waals surface area contributed by atoms with Crippen LogP contribution in [0.15, 0.2) is 61.1 Å². The third-order valence-corrected chi connectivity index (χ3v) is 4.30. The molecular formula is C20H25N5O. The van der Waals surface area contributed by atoms with Gasteiger partial charge in [0, 0.05) is 32.5 Å². The van der Waals surface area contributed by atoms with E-state index in [-0.39, 0.29) is 5.91 Å². The second-order valence-electron chi connectivity index (χ2n) is 6.43. The molecular weight excluding hydrogens is 326 g/mol. The lowest BCUT2D eigenvalue weighted by Gasteiger charge is -2.16. The van der Waals surface area contributed by atoms with Gasteiger partial charge in [-0.1, -0.05) is 30.3 Å². The van der Waals surface area contributed by atoms with E-state index in [1.807, 2.05) is 42.2 Å². The van der Waals surface area contributed by atoms with Crippen LogP contribution in [0.5, 0.6) is 0 Å². The van der Waals surface area contributed by atoms with Crippen molar-refractivity contribution in [3.05, 3.63) is 72.2 Å². The van der Waals surface area contributed by atoms with Crippen molar-refractivity contribution in [3.63, 3.8) is 0 Å². The monoisotopic (exact) mass is 351 g/mol. The first-order valence-electron chi connectivity index (χ1n) is 8.81. The number of hydrogen-bond donors (Lipinski definition) is 1. The van der Waals surface area contributed by atoms with Gasteiger partial charge in [-0.25, -0.2) is 0 Å². The average molecular weight is 351 g/mol. The molecule has 0 aliphatic carbocycles. The highest BCUT2D eigenvalue weighted by Gasteiger charge is 2.16. The highest BCUT2D eigenvalue weighted by Crippen LogP contribution is 2.13. The van der Waals surface area contributed by atoms with E-state index in [1.165, 1.54) is 5.56 Å². The fourth-order valence-corrected chi connectivity index (χ4v) is 2.99. The van der Waals surface area contributed by atoms with Crippen molar-refractivity contribution in [2.75, 3.05) is 20.1 Å². The van der Waals surface area contributed by atoms with Crippen LogP contribution in [0.2, 0.25) is 0 Å². The molecule has 0 fully saturated rings. The lowest BCUT2D eigenvalue weighted by Crippen LogP contribution is -2.28. The minimum Gasteiger partial charge on any atom is -0.352 e. The van der Waals surface area contributed by atoms with Crippen LogP contribution in [-0.2, 0) is 13.6 Å². The summed E-state index contributed by atoms with van der Waals surface area (Å²) in [5, 5.41) is 7.23. The van der Waals surface area contributed by atoms with Crippen molar-refractivity contribution in [2.45, 2.75) is 13.0 Å². The molecule has 26 heavy (non-hydrogen) atoms. The predicted molar refractivity (Wildman–Crippen MR) is 102 cm³/mol. The highest BCUT2D eigenvalue weighted by molar-refractivity contribution is 5.97. The standard InChI is InChI=1S/C20H25N5O/c1-23(16-17-9-4-3-5-10-17)12-8-11-21-19(26)18-15-22-24(2)20(18)25-13-6-7-14-25/h3-7,9-10,13-15H,8,11-12,16H2,1-2H3,(H,21,26). The summed E-state index contributed by atoms with van der Waals surface area (Å²) >= 11 is 0. The molecule has 0 saturated heterocycles. The molecule has 2 aromatic heterocycles. The number of aryl methyl sites for hydroxylation is 1. The molecule has 2 heterocycles. The number of aromatic nitrogens is 3. The van der Waals surface area contributed by atoms with E-state index in [2.05, 4.69) is 46.6 Å². The Hall–Kier alpha value is -2.86. The fraction of sp³-hybridized carbons (Fsp3) is 0.300. The van der Waals surface area contributed by atoms with E-state index in [0.717, 1.165) is 25.3 Å². The fourth-order valence-electron chi connectivity index (χ4n) is 2.99. The molecule has 0 saturated carbocycles. The molecule has 0 aliphatic rings. The molecule has 0 unspecified atom stereocenters. The zero-order chi connectivity index (χ0) is 18.4. The van der Waals surface area contributed by atoms with Gasteiger partial charge in [-0.3, -0.25) is 9.48 Å². The molecule has 0 aliphatic heterocycles. The smallest absolute Gasteiger partial charge is 0.256 e. The lowest BCUT2D eigenvalue weighted by molar-refractivity contribution is 0.0952. The lowest BCUT2D eigenvalue weighted by atomic mass is 10.2. The number of carbonyl (C=O) groups excluding carboxylic acids is 1. The van der Waals surface area contributed by atoms with E-state index in [0.29, 0.717) is 12.1 Å². The molecule has 0 atom stereocenters. The number of nitrogens with one attached hydrogen (secondary N) is 1. The van der Waals surface area contributed by atoms with Gasteiger partial charge in [-0.2, -0.15) is 5.10 Å². The molecule has 1 N–H and O–H groups in total. The van der Waals surface area contributed by atoms with Crippen LogP contribution in [0, 0.1) is 0 Å². The molecule has 0 radical (unpaired) electrons. The maximum absolute atomic E-state index is 12.5. The number of carbonyl (C=O) groups is 1. The van der Waals surface area contributed by atoms with Crippen LogP contribution >= 0.6 is 0 Å². The van der Waals surface area contributed by atoms with Gasteiger partial charge >= 0.3 is 0 Å². The maximum atomic E-state index is 12.5. The first kappa shape index (κ1) is 17.9. The van der Waals surface area contributed by atoms with Gasteiger partial charge < -0.3 is 14.8 Å². The first-order chi connectivity index (χ1) is 12.6. The van der Waals surface area contributed by atoms with Gasteiger partial charge in [-0.15, -0.1) is 0 Å². The Labute approximate surface area is 154 Å². The number of amides is 1. The van der Waals surface area contributed by atoms with Gasteiger partial charge in [0.05, 0.1) is 6.20 Å². The number of rotatable bonds is 8. The van der Waals surface area contributed by atoms with Crippen molar-refractivity contribution in [1.82, 2.24) is 24.6 Å². The molecule has 6 heteroatoms. The topological polar surface area (TPSA) is 55.1 Å². The summed E-state index contributed by atoms with van der Waals surface area (Å²) in [5.74, 6) is 0.682. The molecule has 0 bridgehead atoms. The summed E-state index contributed by atoms with van der Waals surface area (Å²) in [6.07, 6.45) is 6.33. The largest absolute Gasteiger partial charge is 0.352 e. The molecule has 3 rings (SSSR count). The summed E-state index contributed by atoms with van der Waals surface area (Å²) in [6, 6.07) is 14.3. The van der Waals surface area contributed by atoms with Gasteiger partial charge in [0.1, 0.15) is 11.4 Å². The van der Waals surface area contributed by atoms with E-state index in [4.69, 9.17) is 0 Å². The second-order valence-corrected chi connectivity index (χ2v) is 6.43. The van der Waals surface area contributed by atoms with Crippen molar-refractivity contribution < 1.29 is 4.79 Å². The predicted octanol–water partition coefficient (Wildman–Crippen LogP) is 2.46. The van der Waals surface area contributed by atoms with E-state index in [9.17, 15) is 4.79 Å². The molecule has 1 aromatic carbocycles. The van der Waals surface area contributed by atoms with Gasteiger partial charge in [-0.05, 0) is 37.7 Å².